The number of hydrogen-bond donors (Lipinski definition) is 1. The van der Waals surface area contributed by atoms with E-state index < -0.39 is 0 Å². The van der Waals surface area contributed by atoms with Gasteiger partial charge in [-0.2, -0.15) is 0 Å². The van der Waals surface area contributed by atoms with Crippen LogP contribution in [0, 0.1) is 6.92 Å². The first kappa shape index (κ1) is 13.0. The fraction of sp³-hybridized carbons (Fsp3) is 0.273. The van der Waals surface area contributed by atoms with Crippen molar-refractivity contribution in [3.63, 3.8) is 0 Å². The van der Waals surface area contributed by atoms with E-state index in [0.29, 0.717) is 0 Å². The van der Waals surface area contributed by atoms with E-state index in [1.165, 1.54) is 0 Å². The predicted molar refractivity (Wildman–Crippen MR) is 75.5 cm³/mol. The number of halogens is 1. The summed E-state index contributed by atoms with van der Waals surface area (Å²) in [6.45, 7) is 3.93. The highest BCUT2D eigenvalue weighted by Crippen LogP contribution is 2.35. The van der Waals surface area contributed by atoms with Gasteiger partial charge in [0.1, 0.15) is 5.01 Å². The van der Waals surface area contributed by atoms with Crippen molar-refractivity contribution in [1.82, 2.24) is 10.2 Å². The lowest BCUT2D eigenvalue weighted by molar-refractivity contribution is 0.815. The minimum atomic E-state index is 0.0501. The number of hydrogen-bond acceptors (Lipinski definition) is 5. The fourth-order valence-corrected chi connectivity index (χ4v) is 3.71. The Morgan fingerprint density at radius 2 is 2.18 bits per heavy atom. The Hall–Kier alpha value is -0.430. The van der Waals surface area contributed by atoms with Gasteiger partial charge < -0.3 is 5.73 Å². The highest BCUT2D eigenvalue weighted by atomic mass is 79.9. The summed E-state index contributed by atoms with van der Waals surface area (Å²) in [4.78, 5) is 1.13. The van der Waals surface area contributed by atoms with Crippen LogP contribution in [0.1, 0.15) is 23.5 Å². The molecular formula is C11H12BrN3S2. The minimum absolute atomic E-state index is 0.0501. The van der Waals surface area contributed by atoms with Crippen LogP contribution in [-0.2, 0) is 0 Å². The second kappa shape index (κ2) is 5.48. The molecule has 1 heterocycles. The Bertz CT molecular complexity index is 525. The standard InChI is InChI=1S/C11H12BrN3S2/c1-6(13)8-3-4-10(9(12)5-8)17-11-15-14-7(2)16-11/h3-6H,13H2,1-2H3/t6-/m0/s1. The molecule has 0 fully saturated rings. The molecule has 1 atom stereocenters. The lowest BCUT2D eigenvalue weighted by Crippen LogP contribution is -2.04. The third kappa shape index (κ3) is 3.28. The van der Waals surface area contributed by atoms with Gasteiger partial charge in [-0.15, -0.1) is 10.2 Å². The van der Waals surface area contributed by atoms with Crippen molar-refractivity contribution in [2.75, 3.05) is 0 Å². The van der Waals surface area contributed by atoms with Gasteiger partial charge in [0.15, 0.2) is 4.34 Å². The van der Waals surface area contributed by atoms with E-state index in [2.05, 4.69) is 38.3 Å². The van der Waals surface area contributed by atoms with Crippen LogP contribution >= 0.6 is 39.0 Å². The first-order chi connectivity index (χ1) is 8.06. The van der Waals surface area contributed by atoms with Crippen LogP contribution in [0.25, 0.3) is 0 Å². The maximum Gasteiger partial charge on any atom is 0.179 e. The maximum atomic E-state index is 5.84. The predicted octanol–water partition coefficient (Wildman–Crippen LogP) is 3.78. The van der Waals surface area contributed by atoms with E-state index in [0.717, 1.165) is 24.3 Å². The number of nitrogens with two attached hydrogens (primary N) is 1. The first-order valence-electron chi connectivity index (χ1n) is 5.09. The Morgan fingerprint density at radius 3 is 2.71 bits per heavy atom. The molecule has 1 aromatic carbocycles. The van der Waals surface area contributed by atoms with Crippen LogP contribution in [0.15, 0.2) is 31.9 Å². The van der Waals surface area contributed by atoms with Crippen molar-refractivity contribution in [2.45, 2.75) is 29.1 Å². The molecule has 3 nitrogen and oxygen atoms in total. The number of nitrogens with zero attached hydrogens (tertiary/aromatic N) is 2. The second-order valence-corrected chi connectivity index (χ2v) is 6.99. The van der Waals surface area contributed by atoms with Crippen molar-refractivity contribution in [1.29, 1.82) is 0 Å². The number of benzene rings is 1. The van der Waals surface area contributed by atoms with Crippen molar-refractivity contribution < 1.29 is 0 Å². The van der Waals surface area contributed by atoms with Crippen molar-refractivity contribution in [3.05, 3.63) is 33.2 Å². The van der Waals surface area contributed by atoms with E-state index in [-0.39, 0.29) is 6.04 Å². The lowest BCUT2D eigenvalue weighted by Gasteiger charge is -2.08. The molecule has 0 unspecified atom stereocenters. The van der Waals surface area contributed by atoms with Crippen LogP contribution in [0.5, 0.6) is 0 Å². The molecule has 1 aromatic heterocycles. The first-order valence-corrected chi connectivity index (χ1v) is 7.52. The monoisotopic (exact) mass is 329 g/mol. The molecule has 0 saturated carbocycles. The second-order valence-electron chi connectivity index (χ2n) is 3.67. The van der Waals surface area contributed by atoms with Crippen molar-refractivity contribution in [3.8, 4) is 0 Å². The summed E-state index contributed by atoms with van der Waals surface area (Å²) in [7, 11) is 0. The third-order valence-corrected chi connectivity index (χ3v) is 5.07. The average Bonchev–Trinajstić information content (AvgIpc) is 2.67. The molecule has 0 amide bonds. The average molecular weight is 330 g/mol. The topological polar surface area (TPSA) is 51.8 Å². The van der Waals surface area contributed by atoms with E-state index in [4.69, 9.17) is 5.73 Å². The van der Waals surface area contributed by atoms with Crippen LogP contribution in [0.2, 0.25) is 0 Å². The molecule has 2 N–H and O–H groups in total. The molecule has 0 aliphatic heterocycles. The number of aromatic nitrogens is 2. The summed E-state index contributed by atoms with van der Waals surface area (Å²) in [5.74, 6) is 0. The van der Waals surface area contributed by atoms with Crippen LogP contribution in [0.4, 0.5) is 0 Å². The van der Waals surface area contributed by atoms with E-state index >= 15 is 0 Å². The molecule has 17 heavy (non-hydrogen) atoms. The van der Waals surface area contributed by atoms with Gasteiger partial charge in [-0.3, -0.25) is 0 Å². The van der Waals surface area contributed by atoms with E-state index in [9.17, 15) is 0 Å². The summed E-state index contributed by atoms with van der Waals surface area (Å²) >= 11 is 6.77. The summed E-state index contributed by atoms with van der Waals surface area (Å²) in [5.41, 5.74) is 6.96. The van der Waals surface area contributed by atoms with Gasteiger partial charge in [0.25, 0.3) is 0 Å². The summed E-state index contributed by atoms with van der Waals surface area (Å²) in [6.07, 6.45) is 0. The molecule has 90 valence electrons. The maximum absolute atomic E-state index is 5.84. The largest absolute Gasteiger partial charge is 0.324 e. The summed E-state index contributed by atoms with van der Waals surface area (Å²) in [6, 6.07) is 6.21. The minimum Gasteiger partial charge on any atom is -0.324 e. The number of rotatable bonds is 3. The fourth-order valence-electron chi connectivity index (χ4n) is 1.30. The normalized spacial score (nSPS) is 12.7. The van der Waals surface area contributed by atoms with Crippen molar-refractivity contribution >= 4 is 39.0 Å². The van der Waals surface area contributed by atoms with Crippen LogP contribution in [0.3, 0.4) is 0 Å². The molecular weight excluding hydrogens is 318 g/mol. The molecule has 6 heteroatoms. The summed E-state index contributed by atoms with van der Waals surface area (Å²) < 4.78 is 2.00. The molecule has 0 radical (unpaired) electrons. The van der Waals surface area contributed by atoms with Gasteiger partial charge in [0.2, 0.25) is 0 Å². The van der Waals surface area contributed by atoms with E-state index in [1.54, 1.807) is 23.1 Å². The van der Waals surface area contributed by atoms with Crippen LogP contribution < -0.4 is 5.73 Å². The third-order valence-electron chi connectivity index (χ3n) is 2.19. The van der Waals surface area contributed by atoms with Gasteiger partial charge >= 0.3 is 0 Å². The van der Waals surface area contributed by atoms with Gasteiger partial charge in [0, 0.05) is 15.4 Å². The summed E-state index contributed by atoms with van der Waals surface area (Å²) in [5, 5.41) is 9.08. The molecule has 2 aromatic rings. The quantitative estimate of drug-likeness (QED) is 0.930. The smallest absolute Gasteiger partial charge is 0.179 e. The highest BCUT2D eigenvalue weighted by molar-refractivity contribution is 9.10. The highest BCUT2D eigenvalue weighted by Gasteiger charge is 2.08. The Labute approximate surface area is 117 Å². The zero-order valence-electron chi connectivity index (χ0n) is 9.48. The van der Waals surface area contributed by atoms with Gasteiger partial charge in [-0.25, -0.2) is 0 Å². The molecule has 0 spiro atoms. The zero-order chi connectivity index (χ0) is 12.4. The van der Waals surface area contributed by atoms with Gasteiger partial charge in [0.05, 0.1) is 0 Å². The van der Waals surface area contributed by atoms with E-state index in [1.807, 2.05) is 19.9 Å². The zero-order valence-corrected chi connectivity index (χ0v) is 12.7. The molecule has 0 aliphatic rings. The van der Waals surface area contributed by atoms with Crippen molar-refractivity contribution in [2.24, 2.45) is 5.73 Å². The molecule has 0 saturated heterocycles. The lowest BCUT2D eigenvalue weighted by atomic mass is 10.1. The Kier molecular flexibility index (Phi) is 4.19. The SMILES string of the molecule is Cc1nnc(Sc2ccc([C@H](C)N)cc2Br)s1. The molecule has 0 aliphatic carbocycles. The van der Waals surface area contributed by atoms with Crippen LogP contribution in [-0.4, -0.2) is 10.2 Å². The van der Waals surface area contributed by atoms with Gasteiger partial charge in [-0.05, 0) is 47.5 Å². The molecule has 2 rings (SSSR count). The molecule has 0 bridgehead atoms. The Morgan fingerprint density at radius 1 is 1.41 bits per heavy atom. The number of aryl methyl sites for hydroxylation is 1. The Balaban J connectivity index is 2.22. The van der Waals surface area contributed by atoms with Gasteiger partial charge in [-0.1, -0.05) is 29.2 Å².